The van der Waals surface area contributed by atoms with Crippen LogP contribution < -0.4 is 10.2 Å². The Balaban J connectivity index is 1.60. The van der Waals surface area contributed by atoms with Crippen LogP contribution in [-0.4, -0.2) is 9.55 Å². The van der Waals surface area contributed by atoms with Crippen molar-refractivity contribution < 1.29 is 9.15 Å². The van der Waals surface area contributed by atoms with Crippen molar-refractivity contribution in [2.45, 2.75) is 12.5 Å². The first-order valence-electron chi connectivity index (χ1n) is 10.2. The molecule has 5 heteroatoms. The van der Waals surface area contributed by atoms with Crippen LogP contribution in [0.4, 0.5) is 0 Å². The van der Waals surface area contributed by atoms with Crippen molar-refractivity contribution in [3.8, 4) is 11.6 Å². The lowest BCUT2D eigenvalue weighted by atomic mass is 9.83. The second kappa shape index (κ2) is 6.99. The van der Waals surface area contributed by atoms with E-state index in [0.717, 1.165) is 39.0 Å². The van der Waals surface area contributed by atoms with E-state index in [2.05, 4.69) is 41.4 Å². The van der Waals surface area contributed by atoms with Crippen LogP contribution >= 0.6 is 0 Å². The molecule has 0 saturated carbocycles. The van der Waals surface area contributed by atoms with Crippen molar-refractivity contribution in [2.75, 3.05) is 0 Å². The van der Waals surface area contributed by atoms with Gasteiger partial charge in [-0.2, -0.15) is 0 Å². The maximum Gasteiger partial charge on any atom is 0.228 e. The summed E-state index contributed by atoms with van der Waals surface area (Å²) in [5, 5.41) is 11.2. The molecule has 0 unspecified atom stereocenters. The maximum absolute atomic E-state index is 9.01. The average molecular weight is 405 g/mol. The van der Waals surface area contributed by atoms with Crippen molar-refractivity contribution in [3.05, 3.63) is 119 Å². The number of rotatable bonds is 3. The Morgan fingerprint density at radius 2 is 1.74 bits per heavy atom. The molecule has 0 spiro atoms. The van der Waals surface area contributed by atoms with Gasteiger partial charge < -0.3 is 13.7 Å². The number of aromatic nitrogens is 2. The van der Waals surface area contributed by atoms with Gasteiger partial charge in [0.25, 0.3) is 0 Å². The Hall–Kier alpha value is -4.12. The second-order valence-electron chi connectivity index (χ2n) is 7.67. The monoisotopic (exact) mass is 405 g/mol. The summed E-state index contributed by atoms with van der Waals surface area (Å²) in [5.74, 6) is 1.93. The van der Waals surface area contributed by atoms with E-state index < -0.39 is 0 Å². The van der Waals surface area contributed by atoms with Crippen LogP contribution in [0.3, 0.4) is 0 Å². The molecular weight excluding hydrogens is 386 g/mol. The van der Waals surface area contributed by atoms with E-state index in [0.29, 0.717) is 17.9 Å². The molecule has 0 saturated heterocycles. The van der Waals surface area contributed by atoms with Gasteiger partial charge in [-0.15, -0.1) is 0 Å². The van der Waals surface area contributed by atoms with Crippen molar-refractivity contribution >= 4 is 10.8 Å². The van der Waals surface area contributed by atoms with Crippen LogP contribution in [0.1, 0.15) is 28.4 Å². The molecule has 0 amide bonds. The summed E-state index contributed by atoms with van der Waals surface area (Å²) in [6, 6.07) is 26.4. The van der Waals surface area contributed by atoms with Crippen LogP contribution in [0.5, 0.6) is 11.6 Å². The van der Waals surface area contributed by atoms with Crippen LogP contribution in [0.2, 0.25) is 0 Å². The first kappa shape index (κ1) is 17.7. The predicted molar refractivity (Wildman–Crippen MR) is 117 cm³/mol. The zero-order chi connectivity index (χ0) is 20.8. The minimum absolute atomic E-state index is 0.145. The molecule has 0 fully saturated rings. The topological polar surface area (TPSA) is 64.0 Å². The van der Waals surface area contributed by atoms with E-state index in [1.54, 1.807) is 17.2 Å². The first-order valence-corrected chi connectivity index (χ1v) is 10.2. The minimum Gasteiger partial charge on any atom is -0.467 e. The van der Waals surface area contributed by atoms with Gasteiger partial charge in [-0.25, -0.2) is 4.98 Å². The second-order valence-corrected chi connectivity index (χ2v) is 7.67. The molecule has 0 radical (unpaired) electrons. The third-order valence-electron chi connectivity index (χ3n) is 5.83. The average Bonchev–Trinajstić information content (AvgIpc) is 3.33. The number of furan rings is 1. The van der Waals surface area contributed by atoms with Gasteiger partial charge in [-0.3, -0.25) is 5.41 Å². The van der Waals surface area contributed by atoms with Crippen LogP contribution in [0.15, 0.2) is 95.9 Å². The number of nitrogens with one attached hydrogen (secondary N) is 1. The summed E-state index contributed by atoms with van der Waals surface area (Å²) in [7, 11) is 0. The number of benzene rings is 3. The molecule has 31 heavy (non-hydrogen) atoms. The van der Waals surface area contributed by atoms with Crippen LogP contribution in [0, 0.1) is 5.41 Å². The van der Waals surface area contributed by atoms with Crippen LogP contribution in [0.25, 0.3) is 10.8 Å². The summed E-state index contributed by atoms with van der Waals surface area (Å²) in [6.45, 7) is 0.443. The third-order valence-corrected chi connectivity index (χ3v) is 5.83. The van der Waals surface area contributed by atoms with Crippen molar-refractivity contribution in [1.29, 1.82) is 5.41 Å². The SMILES string of the molecule is N=c1c2c(ncn1Cc1ccco1)Oc1c(ccc3ccccc13)[C@@H]2c1ccccc1. The van der Waals surface area contributed by atoms with E-state index in [4.69, 9.17) is 14.6 Å². The zero-order valence-corrected chi connectivity index (χ0v) is 16.7. The fraction of sp³-hybridized carbons (Fsp3) is 0.0769. The summed E-state index contributed by atoms with van der Waals surface area (Å²) < 4.78 is 13.6. The van der Waals surface area contributed by atoms with E-state index in [-0.39, 0.29) is 5.92 Å². The van der Waals surface area contributed by atoms with Gasteiger partial charge in [0.05, 0.1) is 18.4 Å². The normalized spacial score (nSPS) is 14.6. The lowest BCUT2D eigenvalue weighted by Gasteiger charge is -2.29. The molecule has 1 atom stereocenters. The highest BCUT2D eigenvalue weighted by Gasteiger charge is 2.33. The molecule has 3 heterocycles. The molecule has 3 aromatic carbocycles. The summed E-state index contributed by atoms with van der Waals surface area (Å²) >= 11 is 0. The molecule has 6 rings (SSSR count). The molecule has 1 aliphatic heterocycles. The Morgan fingerprint density at radius 1 is 0.903 bits per heavy atom. The summed E-state index contributed by atoms with van der Waals surface area (Å²) in [4.78, 5) is 4.62. The van der Waals surface area contributed by atoms with Gasteiger partial charge in [0.2, 0.25) is 5.88 Å². The number of hydrogen-bond acceptors (Lipinski definition) is 4. The van der Waals surface area contributed by atoms with E-state index in [1.165, 1.54) is 0 Å². The minimum atomic E-state index is -0.145. The Bertz CT molecular complexity index is 1450. The molecule has 150 valence electrons. The third kappa shape index (κ3) is 2.86. The molecule has 5 nitrogen and oxygen atoms in total. The largest absolute Gasteiger partial charge is 0.467 e. The Morgan fingerprint density at radius 3 is 2.58 bits per heavy atom. The highest BCUT2D eigenvalue weighted by Crippen LogP contribution is 2.47. The van der Waals surface area contributed by atoms with E-state index >= 15 is 0 Å². The maximum atomic E-state index is 9.01. The highest BCUT2D eigenvalue weighted by atomic mass is 16.5. The molecule has 0 aliphatic carbocycles. The molecule has 1 aliphatic rings. The fourth-order valence-electron chi connectivity index (χ4n) is 4.38. The Kier molecular flexibility index (Phi) is 3.99. The van der Waals surface area contributed by atoms with Crippen LogP contribution in [-0.2, 0) is 6.54 Å². The van der Waals surface area contributed by atoms with Crippen molar-refractivity contribution in [2.24, 2.45) is 0 Å². The smallest absolute Gasteiger partial charge is 0.228 e. The van der Waals surface area contributed by atoms with Crippen molar-refractivity contribution in [3.63, 3.8) is 0 Å². The van der Waals surface area contributed by atoms with Gasteiger partial charge >= 0.3 is 0 Å². The van der Waals surface area contributed by atoms with Gasteiger partial charge in [-0.05, 0) is 23.1 Å². The summed E-state index contributed by atoms with van der Waals surface area (Å²) in [5.41, 5.74) is 3.29. The lowest BCUT2D eigenvalue weighted by molar-refractivity contribution is 0.423. The Labute approximate surface area is 178 Å². The number of ether oxygens (including phenoxy) is 1. The lowest BCUT2D eigenvalue weighted by Crippen LogP contribution is -2.30. The summed E-state index contributed by atoms with van der Waals surface area (Å²) in [6.07, 6.45) is 3.30. The zero-order valence-electron chi connectivity index (χ0n) is 16.7. The van der Waals surface area contributed by atoms with Gasteiger partial charge in [0.15, 0.2) is 0 Å². The predicted octanol–water partition coefficient (Wildman–Crippen LogP) is 5.44. The van der Waals surface area contributed by atoms with E-state index in [1.807, 2.05) is 42.5 Å². The van der Waals surface area contributed by atoms with Gasteiger partial charge in [0, 0.05) is 16.9 Å². The number of fused-ring (bicyclic) bond motifs is 4. The van der Waals surface area contributed by atoms with Crippen molar-refractivity contribution in [1.82, 2.24) is 9.55 Å². The fourth-order valence-corrected chi connectivity index (χ4v) is 4.38. The molecule has 1 N–H and O–H groups in total. The molecular formula is C26H19N3O2. The first-order chi connectivity index (χ1) is 15.3. The standard InChI is InChI=1S/C26H19N3O2/c27-25-23-22(18-8-2-1-3-9-18)21-13-12-17-7-4-5-11-20(17)24(21)31-26(23)28-16-29(25)15-19-10-6-14-30-19/h1-14,16,22,27H,15H2/t22-/m0/s1. The quantitative estimate of drug-likeness (QED) is 0.426. The molecule has 5 aromatic rings. The molecule has 0 bridgehead atoms. The van der Waals surface area contributed by atoms with Gasteiger partial charge in [-0.1, -0.05) is 66.7 Å². The number of hydrogen-bond donors (Lipinski definition) is 1. The molecule has 2 aromatic heterocycles. The highest BCUT2D eigenvalue weighted by molar-refractivity contribution is 5.91. The van der Waals surface area contributed by atoms with Gasteiger partial charge in [0.1, 0.15) is 23.3 Å². The van der Waals surface area contributed by atoms with E-state index in [9.17, 15) is 0 Å². The number of nitrogens with zero attached hydrogens (tertiary/aromatic N) is 2.